The van der Waals surface area contributed by atoms with Gasteiger partial charge in [-0.25, -0.2) is 0 Å². The van der Waals surface area contributed by atoms with Crippen LogP contribution >= 0.6 is 11.6 Å². The monoisotopic (exact) mass is 333 g/mol. The van der Waals surface area contributed by atoms with Crippen LogP contribution in [0.3, 0.4) is 0 Å². The summed E-state index contributed by atoms with van der Waals surface area (Å²) in [4.78, 5) is 2.36. The maximum absolute atomic E-state index is 10.2. The summed E-state index contributed by atoms with van der Waals surface area (Å²) in [6.07, 6.45) is 2.85. The Morgan fingerprint density at radius 2 is 2.00 bits per heavy atom. The van der Waals surface area contributed by atoms with Crippen LogP contribution in [0.15, 0.2) is 24.3 Å². The zero-order valence-electron chi connectivity index (χ0n) is 13.6. The average molecular weight is 334 g/mol. The van der Waals surface area contributed by atoms with Crippen LogP contribution in [0.25, 0.3) is 0 Å². The van der Waals surface area contributed by atoms with Crippen molar-refractivity contribution >= 4 is 11.6 Å². The largest absolute Gasteiger partial charge is 0.392 e. The van der Waals surface area contributed by atoms with Crippen molar-refractivity contribution in [2.24, 2.45) is 5.41 Å². The SMILES string of the molecule is CCOC1CC(O)C12CCN(CC#Cc1ccc(Cl)cc1)CC2. The average Bonchev–Trinajstić information content (AvgIpc) is 2.57. The summed E-state index contributed by atoms with van der Waals surface area (Å²) in [5.74, 6) is 6.42. The minimum absolute atomic E-state index is 0.00385. The number of benzene rings is 1. The highest BCUT2D eigenvalue weighted by atomic mass is 35.5. The molecule has 2 unspecified atom stereocenters. The van der Waals surface area contributed by atoms with Crippen LogP contribution < -0.4 is 0 Å². The molecule has 2 aliphatic rings. The third kappa shape index (κ3) is 3.56. The van der Waals surface area contributed by atoms with E-state index in [4.69, 9.17) is 16.3 Å². The van der Waals surface area contributed by atoms with E-state index in [0.29, 0.717) is 0 Å². The van der Waals surface area contributed by atoms with E-state index >= 15 is 0 Å². The summed E-state index contributed by atoms with van der Waals surface area (Å²) < 4.78 is 5.81. The molecule has 0 bridgehead atoms. The summed E-state index contributed by atoms with van der Waals surface area (Å²) in [6, 6.07) is 7.61. The van der Waals surface area contributed by atoms with Gasteiger partial charge in [0.1, 0.15) is 0 Å². The Hall–Kier alpha value is -1.05. The van der Waals surface area contributed by atoms with Crippen molar-refractivity contribution in [1.82, 2.24) is 4.90 Å². The van der Waals surface area contributed by atoms with Crippen LogP contribution in [-0.2, 0) is 4.74 Å². The molecule has 0 radical (unpaired) electrons. The molecule has 3 nitrogen and oxygen atoms in total. The summed E-state index contributed by atoms with van der Waals surface area (Å²) in [6.45, 7) is 5.50. The highest BCUT2D eigenvalue weighted by molar-refractivity contribution is 6.30. The molecule has 0 aromatic heterocycles. The predicted octanol–water partition coefficient (Wildman–Crippen LogP) is 2.94. The molecule has 1 aliphatic heterocycles. The fourth-order valence-electron chi connectivity index (χ4n) is 3.73. The number of halogens is 1. The van der Waals surface area contributed by atoms with Gasteiger partial charge in [-0.3, -0.25) is 4.90 Å². The fourth-order valence-corrected chi connectivity index (χ4v) is 3.86. The van der Waals surface area contributed by atoms with Crippen LogP contribution in [0.2, 0.25) is 5.02 Å². The van der Waals surface area contributed by atoms with E-state index in [1.54, 1.807) is 0 Å². The normalized spacial score (nSPS) is 26.4. The second-order valence-electron chi connectivity index (χ2n) is 6.51. The first-order valence-corrected chi connectivity index (χ1v) is 8.78. The molecule has 1 spiro atoms. The molecular weight excluding hydrogens is 310 g/mol. The third-order valence-electron chi connectivity index (χ3n) is 5.28. The van der Waals surface area contributed by atoms with E-state index in [1.165, 1.54) is 0 Å². The summed E-state index contributed by atoms with van der Waals surface area (Å²) in [7, 11) is 0. The molecule has 1 N–H and O–H groups in total. The van der Waals surface area contributed by atoms with E-state index in [0.717, 1.165) is 56.1 Å². The van der Waals surface area contributed by atoms with Crippen LogP contribution in [0, 0.1) is 17.3 Å². The highest BCUT2D eigenvalue weighted by Crippen LogP contribution is 2.50. The van der Waals surface area contributed by atoms with Crippen LogP contribution in [0.5, 0.6) is 0 Å². The van der Waals surface area contributed by atoms with Gasteiger partial charge in [0, 0.05) is 29.0 Å². The van der Waals surface area contributed by atoms with Gasteiger partial charge in [0.25, 0.3) is 0 Å². The molecule has 124 valence electrons. The molecule has 1 saturated heterocycles. The second-order valence-corrected chi connectivity index (χ2v) is 6.95. The minimum Gasteiger partial charge on any atom is -0.392 e. The summed E-state index contributed by atoms with van der Waals surface area (Å²) in [5, 5.41) is 11.0. The van der Waals surface area contributed by atoms with Crippen molar-refractivity contribution in [3.05, 3.63) is 34.9 Å². The van der Waals surface area contributed by atoms with E-state index in [1.807, 2.05) is 31.2 Å². The van der Waals surface area contributed by atoms with Gasteiger partial charge >= 0.3 is 0 Å². The van der Waals surface area contributed by atoms with Crippen molar-refractivity contribution in [3.63, 3.8) is 0 Å². The predicted molar refractivity (Wildman–Crippen MR) is 92.5 cm³/mol. The van der Waals surface area contributed by atoms with Crippen LogP contribution in [0.4, 0.5) is 0 Å². The second kappa shape index (κ2) is 7.23. The molecule has 1 heterocycles. The number of aliphatic hydroxyl groups excluding tert-OH is 1. The Kier molecular flexibility index (Phi) is 5.28. The molecule has 23 heavy (non-hydrogen) atoms. The van der Waals surface area contributed by atoms with Crippen molar-refractivity contribution < 1.29 is 9.84 Å². The molecular formula is C19H24ClNO2. The lowest BCUT2D eigenvalue weighted by Gasteiger charge is -2.56. The molecule has 0 amide bonds. The molecule has 3 rings (SSSR count). The summed E-state index contributed by atoms with van der Waals surface area (Å²) in [5.41, 5.74) is 0.990. The Bertz CT molecular complexity index is 580. The topological polar surface area (TPSA) is 32.7 Å². The molecule has 2 atom stereocenters. The maximum atomic E-state index is 10.2. The van der Waals surface area contributed by atoms with E-state index in [2.05, 4.69) is 16.7 Å². The van der Waals surface area contributed by atoms with Gasteiger partial charge in [-0.2, -0.15) is 0 Å². The van der Waals surface area contributed by atoms with Crippen LogP contribution in [-0.4, -0.2) is 48.5 Å². The number of hydrogen-bond acceptors (Lipinski definition) is 3. The zero-order chi connectivity index (χ0) is 16.3. The van der Waals surface area contributed by atoms with E-state index in [-0.39, 0.29) is 17.6 Å². The smallest absolute Gasteiger partial charge is 0.0681 e. The number of piperidine rings is 1. The Balaban J connectivity index is 1.51. The van der Waals surface area contributed by atoms with Gasteiger partial charge in [0.15, 0.2) is 0 Å². The molecule has 4 heteroatoms. The van der Waals surface area contributed by atoms with Crippen molar-refractivity contribution in [3.8, 4) is 11.8 Å². The number of likely N-dealkylation sites (tertiary alicyclic amines) is 1. The first kappa shape index (κ1) is 16.8. The van der Waals surface area contributed by atoms with Crippen LogP contribution in [0.1, 0.15) is 31.7 Å². The number of aliphatic hydroxyl groups is 1. The van der Waals surface area contributed by atoms with Gasteiger partial charge < -0.3 is 9.84 Å². The lowest BCUT2D eigenvalue weighted by atomic mass is 9.58. The highest BCUT2D eigenvalue weighted by Gasteiger charge is 2.55. The van der Waals surface area contributed by atoms with E-state index in [9.17, 15) is 5.11 Å². The third-order valence-corrected chi connectivity index (χ3v) is 5.53. The zero-order valence-corrected chi connectivity index (χ0v) is 14.4. The maximum Gasteiger partial charge on any atom is 0.0681 e. The molecule has 2 fully saturated rings. The Morgan fingerprint density at radius 3 is 2.61 bits per heavy atom. The number of hydrogen-bond donors (Lipinski definition) is 1. The first-order valence-electron chi connectivity index (χ1n) is 8.40. The standard InChI is InChI=1S/C19H24ClNO2/c1-2-23-18-14-17(22)19(18)9-12-21(13-10-19)11-3-4-15-5-7-16(20)8-6-15/h5-8,17-18,22H,2,9-14H2,1H3. The molecule has 1 saturated carbocycles. The summed E-state index contributed by atoms with van der Waals surface area (Å²) >= 11 is 5.87. The quantitative estimate of drug-likeness (QED) is 0.863. The van der Waals surface area contributed by atoms with Gasteiger partial charge in [0.2, 0.25) is 0 Å². The number of rotatable bonds is 3. The molecule has 1 aromatic carbocycles. The van der Waals surface area contributed by atoms with Crippen molar-refractivity contribution in [2.75, 3.05) is 26.2 Å². The fraction of sp³-hybridized carbons (Fsp3) is 0.579. The van der Waals surface area contributed by atoms with Gasteiger partial charge in [-0.15, -0.1) is 0 Å². The molecule has 1 aromatic rings. The first-order chi connectivity index (χ1) is 11.1. The van der Waals surface area contributed by atoms with Gasteiger partial charge in [-0.05, 0) is 57.1 Å². The van der Waals surface area contributed by atoms with Crippen molar-refractivity contribution in [1.29, 1.82) is 0 Å². The minimum atomic E-state index is -0.193. The van der Waals surface area contributed by atoms with Gasteiger partial charge in [-0.1, -0.05) is 23.4 Å². The Morgan fingerprint density at radius 1 is 1.30 bits per heavy atom. The Labute approximate surface area is 143 Å². The van der Waals surface area contributed by atoms with E-state index < -0.39 is 0 Å². The lowest BCUT2D eigenvalue weighted by Crippen LogP contribution is -2.62. The number of ether oxygens (including phenoxy) is 1. The van der Waals surface area contributed by atoms with Gasteiger partial charge in [0.05, 0.1) is 18.8 Å². The number of nitrogens with zero attached hydrogens (tertiary/aromatic N) is 1. The molecule has 1 aliphatic carbocycles. The van der Waals surface area contributed by atoms with Crippen molar-refractivity contribution in [2.45, 2.75) is 38.4 Å². The lowest BCUT2D eigenvalue weighted by molar-refractivity contribution is -0.209.